The summed E-state index contributed by atoms with van der Waals surface area (Å²) in [6.45, 7) is 4.14. The third-order valence-corrected chi connectivity index (χ3v) is 0.448. The molecule has 0 aliphatic carbocycles. The number of aliphatic hydroxyl groups is 2. The molecule has 56 valence electrons. The lowest BCUT2D eigenvalue weighted by Gasteiger charge is -1.79. The van der Waals surface area contributed by atoms with Crippen LogP contribution < -0.4 is 5.32 Å². The van der Waals surface area contributed by atoms with E-state index in [1.807, 2.05) is 13.1 Å². The van der Waals surface area contributed by atoms with Crippen molar-refractivity contribution in [3.63, 3.8) is 0 Å². The fourth-order valence-electron chi connectivity index (χ4n) is 0.144. The Balaban J connectivity index is 0. The second kappa shape index (κ2) is 15.6. The van der Waals surface area contributed by atoms with E-state index in [9.17, 15) is 0 Å². The molecule has 0 rings (SSSR count). The third kappa shape index (κ3) is 35.1. The van der Waals surface area contributed by atoms with Gasteiger partial charge in [-0.05, 0) is 7.05 Å². The van der Waals surface area contributed by atoms with Crippen LogP contribution in [-0.4, -0.2) is 37.0 Å². The molecule has 0 radical (unpaired) electrons. The van der Waals surface area contributed by atoms with Crippen molar-refractivity contribution in [2.45, 2.75) is 0 Å². The maximum absolute atomic E-state index is 7.62. The topological polar surface area (TPSA) is 52.5 Å². The molecule has 0 spiro atoms. The Morgan fingerprint density at radius 3 is 1.89 bits per heavy atom. The lowest BCUT2D eigenvalue weighted by molar-refractivity contribution is 0.186. The van der Waals surface area contributed by atoms with E-state index >= 15 is 0 Å². The predicted octanol–water partition coefficient (Wildman–Crippen LogP) is -0.637. The smallest absolute Gasteiger partial charge is 0.0662 e. The Labute approximate surface area is 56.0 Å². The first-order valence-corrected chi connectivity index (χ1v) is 2.80. The van der Waals surface area contributed by atoms with Gasteiger partial charge in [-0.1, -0.05) is 6.08 Å². The Morgan fingerprint density at radius 2 is 1.89 bits per heavy atom. The van der Waals surface area contributed by atoms with E-state index in [1.54, 1.807) is 0 Å². The van der Waals surface area contributed by atoms with Gasteiger partial charge in [-0.3, -0.25) is 0 Å². The molecule has 9 heavy (non-hydrogen) atoms. The fraction of sp³-hybridized carbons (Fsp3) is 0.667. The summed E-state index contributed by atoms with van der Waals surface area (Å²) in [7, 11) is 1.89. The van der Waals surface area contributed by atoms with Gasteiger partial charge >= 0.3 is 0 Å². The number of hydrogen-bond acceptors (Lipinski definition) is 3. The first kappa shape index (κ1) is 11.4. The van der Waals surface area contributed by atoms with Gasteiger partial charge in [0.2, 0.25) is 0 Å². The molecule has 0 aromatic rings. The number of hydrogen-bond donors (Lipinski definition) is 3. The Bertz CT molecular complexity index is 46.3. The van der Waals surface area contributed by atoms with Crippen LogP contribution in [0.5, 0.6) is 0 Å². The zero-order chi connectivity index (χ0) is 7.54. The van der Waals surface area contributed by atoms with E-state index in [-0.39, 0.29) is 13.2 Å². The number of rotatable bonds is 3. The summed E-state index contributed by atoms with van der Waals surface area (Å²) in [6, 6.07) is 0. The lowest BCUT2D eigenvalue weighted by Crippen LogP contribution is -2.02. The summed E-state index contributed by atoms with van der Waals surface area (Å²) < 4.78 is 0. The van der Waals surface area contributed by atoms with Crippen LogP contribution in [0.15, 0.2) is 12.7 Å². The first-order valence-electron chi connectivity index (χ1n) is 2.80. The molecule has 0 saturated heterocycles. The molecule has 3 N–H and O–H groups in total. The van der Waals surface area contributed by atoms with Gasteiger partial charge in [0.25, 0.3) is 0 Å². The van der Waals surface area contributed by atoms with Gasteiger partial charge in [0.05, 0.1) is 13.2 Å². The van der Waals surface area contributed by atoms with Gasteiger partial charge in [-0.15, -0.1) is 6.58 Å². The maximum atomic E-state index is 7.62. The average molecular weight is 133 g/mol. The summed E-state index contributed by atoms with van der Waals surface area (Å²) in [5, 5.41) is 18.1. The number of likely N-dealkylation sites (N-methyl/N-ethyl adjacent to an activating group) is 1. The predicted molar refractivity (Wildman–Crippen MR) is 38.3 cm³/mol. The van der Waals surface area contributed by atoms with Gasteiger partial charge in [-0.25, -0.2) is 0 Å². The van der Waals surface area contributed by atoms with Gasteiger partial charge in [0.1, 0.15) is 0 Å². The molecular weight excluding hydrogens is 118 g/mol. The molecule has 0 unspecified atom stereocenters. The minimum Gasteiger partial charge on any atom is -0.394 e. The van der Waals surface area contributed by atoms with E-state index in [0.29, 0.717) is 0 Å². The molecule has 0 fully saturated rings. The molecule has 0 amide bonds. The zero-order valence-corrected chi connectivity index (χ0v) is 5.80. The minimum absolute atomic E-state index is 0.125. The maximum Gasteiger partial charge on any atom is 0.0662 e. The van der Waals surface area contributed by atoms with Crippen molar-refractivity contribution in [3.8, 4) is 0 Å². The molecule has 3 nitrogen and oxygen atoms in total. The van der Waals surface area contributed by atoms with E-state index < -0.39 is 0 Å². The van der Waals surface area contributed by atoms with Crippen LogP contribution in [0.2, 0.25) is 0 Å². The molecule has 3 heteroatoms. The summed E-state index contributed by atoms with van der Waals surface area (Å²) in [6.07, 6.45) is 1.82. The average Bonchev–Trinajstić information content (AvgIpc) is 1.91. The summed E-state index contributed by atoms with van der Waals surface area (Å²) >= 11 is 0. The van der Waals surface area contributed by atoms with Crippen molar-refractivity contribution in [2.75, 3.05) is 26.8 Å². The van der Waals surface area contributed by atoms with Gasteiger partial charge in [0.15, 0.2) is 0 Å². The van der Waals surface area contributed by atoms with Crippen LogP contribution in [-0.2, 0) is 0 Å². The van der Waals surface area contributed by atoms with Crippen molar-refractivity contribution < 1.29 is 10.2 Å². The van der Waals surface area contributed by atoms with Gasteiger partial charge in [-0.2, -0.15) is 0 Å². The highest BCUT2D eigenvalue weighted by Crippen LogP contribution is 1.48. The fourth-order valence-corrected chi connectivity index (χ4v) is 0.144. The Hall–Kier alpha value is -0.380. The number of nitrogens with one attached hydrogen (secondary N) is 1. The molecule has 0 aromatic heterocycles. The summed E-state index contributed by atoms with van der Waals surface area (Å²) in [5.74, 6) is 0. The van der Waals surface area contributed by atoms with E-state index in [0.717, 1.165) is 6.54 Å². The SMILES string of the molecule is C=CCNC.OCCO. The molecule has 0 aliphatic heterocycles. The van der Waals surface area contributed by atoms with Crippen LogP contribution in [0.25, 0.3) is 0 Å². The zero-order valence-electron chi connectivity index (χ0n) is 5.80. The second-order valence-corrected chi connectivity index (χ2v) is 1.29. The highest BCUT2D eigenvalue weighted by Gasteiger charge is 1.58. The molecule has 0 aliphatic rings. The minimum atomic E-state index is -0.125. The Morgan fingerprint density at radius 1 is 1.44 bits per heavy atom. The van der Waals surface area contributed by atoms with Gasteiger partial charge in [0, 0.05) is 6.54 Å². The molecule has 0 heterocycles. The van der Waals surface area contributed by atoms with Gasteiger partial charge < -0.3 is 15.5 Å². The highest BCUT2D eigenvalue weighted by atomic mass is 16.3. The van der Waals surface area contributed by atoms with Crippen LogP contribution in [0.4, 0.5) is 0 Å². The van der Waals surface area contributed by atoms with Crippen LogP contribution in [0.3, 0.4) is 0 Å². The lowest BCUT2D eigenvalue weighted by atomic mass is 10.6. The van der Waals surface area contributed by atoms with Crippen LogP contribution >= 0.6 is 0 Å². The first-order chi connectivity index (χ1) is 4.33. The van der Waals surface area contributed by atoms with Crippen molar-refractivity contribution in [3.05, 3.63) is 12.7 Å². The van der Waals surface area contributed by atoms with Crippen LogP contribution in [0.1, 0.15) is 0 Å². The van der Waals surface area contributed by atoms with Crippen LogP contribution in [0, 0.1) is 0 Å². The number of aliphatic hydroxyl groups excluding tert-OH is 2. The molecule has 0 atom stereocenters. The molecular formula is C6H15NO2. The normalized spacial score (nSPS) is 7.44. The largest absolute Gasteiger partial charge is 0.394 e. The molecule has 0 saturated carbocycles. The van der Waals surface area contributed by atoms with E-state index in [2.05, 4.69) is 11.9 Å². The molecule has 0 aromatic carbocycles. The molecule has 0 bridgehead atoms. The quantitative estimate of drug-likeness (QED) is 0.449. The van der Waals surface area contributed by atoms with Crippen molar-refractivity contribution in [2.24, 2.45) is 0 Å². The summed E-state index contributed by atoms with van der Waals surface area (Å²) in [4.78, 5) is 0. The van der Waals surface area contributed by atoms with Crippen molar-refractivity contribution in [1.82, 2.24) is 5.32 Å². The highest BCUT2D eigenvalue weighted by molar-refractivity contribution is 4.66. The monoisotopic (exact) mass is 133 g/mol. The van der Waals surface area contributed by atoms with E-state index in [4.69, 9.17) is 10.2 Å². The van der Waals surface area contributed by atoms with Crippen molar-refractivity contribution >= 4 is 0 Å². The summed E-state index contributed by atoms with van der Waals surface area (Å²) in [5.41, 5.74) is 0. The third-order valence-electron chi connectivity index (χ3n) is 0.448. The standard InChI is InChI=1S/C4H9N.C2H6O2/c1-3-4-5-2;3-1-2-4/h3,5H,1,4H2,2H3;3-4H,1-2H2. The van der Waals surface area contributed by atoms with E-state index in [1.165, 1.54) is 0 Å². The Kier molecular flexibility index (Phi) is 19.9. The van der Waals surface area contributed by atoms with Crippen molar-refractivity contribution in [1.29, 1.82) is 0 Å². The second-order valence-electron chi connectivity index (χ2n) is 1.29.